The lowest BCUT2D eigenvalue weighted by molar-refractivity contribution is -0.113. The Labute approximate surface area is 216 Å². The summed E-state index contributed by atoms with van der Waals surface area (Å²) in [6.45, 7) is 7.22. The number of carbonyl (C=O) groups excluding carboxylic acids is 1. The number of carbonyl (C=O) groups is 1. The monoisotopic (exact) mass is 503 g/mol. The molecule has 4 rings (SSSR count). The molecule has 1 saturated heterocycles. The molecule has 1 aliphatic rings. The number of thiocarbonyl (C=S) groups is 1. The highest BCUT2D eigenvalue weighted by molar-refractivity contribution is 8.27. The second-order valence-corrected chi connectivity index (χ2v) is 10.1. The maximum absolute atomic E-state index is 13.1. The van der Waals surface area contributed by atoms with Crippen LogP contribution in [0.25, 0.3) is 6.08 Å². The van der Waals surface area contributed by atoms with E-state index in [9.17, 15) is 4.79 Å². The van der Waals surface area contributed by atoms with Crippen molar-refractivity contribution in [3.8, 4) is 11.5 Å². The molecule has 0 spiro atoms. The lowest BCUT2D eigenvalue weighted by Crippen LogP contribution is -2.27. The van der Waals surface area contributed by atoms with E-state index in [-0.39, 0.29) is 5.91 Å². The maximum Gasteiger partial charge on any atom is 0.270 e. The number of ether oxygens (including phenoxy) is 2. The van der Waals surface area contributed by atoms with Crippen LogP contribution in [-0.2, 0) is 4.79 Å². The summed E-state index contributed by atoms with van der Waals surface area (Å²) in [4.78, 5) is 15.3. The zero-order valence-electron chi connectivity index (χ0n) is 20.2. The number of para-hydroxylation sites is 2. The Kier molecular flexibility index (Phi) is 8.26. The molecule has 0 saturated carbocycles. The fourth-order valence-corrected chi connectivity index (χ4v) is 5.09. The van der Waals surface area contributed by atoms with Gasteiger partial charge in [0.2, 0.25) is 0 Å². The van der Waals surface area contributed by atoms with Crippen molar-refractivity contribution in [2.24, 2.45) is 0 Å². The van der Waals surface area contributed by atoms with E-state index in [2.05, 4.69) is 19.9 Å². The van der Waals surface area contributed by atoms with Crippen LogP contribution in [0.15, 0.2) is 77.7 Å². The number of thioether (sulfide) groups is 1. The van der Waals surface area contributed by atoms with Crippen molar-refractivity contribution in [1.29, 1.82) is 0 Å². The number of aryl methyl sites for hydroxylation is 1. The average Bonchev–Trinajstić information content (AvgIpc) is 3.15. The molecule has 180 valence electrons. The highest BCUT2D eigenvalue weighted by Crippen LogP contribution is 2.37. The van der Waals surface area contributed by atoms with Crippen molar-refractivity contribution in [2.75, 3.05) is 18.1 Å². The van der Waals surface area contributed by atoms with Crippen LogP contribution < -0.4 is 14.4 Å². The smallest absolute Gasteiger partial charge is 0.270 e. The van der Waals surface area contributed by atoms with E-state index in [1.165, 1.54) is 17.3 Å². The van der Waals surface area contributed by atoms with Gasteiger partial charge in [-0.15, -0.1) is 0 Å². The molecule has 1 aliphatic heterocycles. The largest absolute Gasteiger partial charge is 0.490 e. The number of amides is 1. The number of benzene rings is 3. The summed E-state index contributed by atoms with van der Waals surface area (Å²) < 4.78 is 12.6. The predicted molar refractivity (Wildman–Crippen MR) is 149 cm³/mol. The molecule has 0 bridgehead atoms. The van der Waals surface area contributed by atoms with Crippen molar-refractivity contribution in [3.63, 3.8) is 0 Å². The van der Waals surface area contributed by atoms with Crippen LogP contribution in [0.4, 0.5) is 5.69 Å². The van der Waals surface area contributed by atoms with Crippen molar-refractivity contribution in [1.82, 2.24) is 0 Å². The van der Waals surface area contributed by atoms with Gasteiger partial charge in [0.05, 0.1) is 10.6 Å². The molecule has 0 aliphatic carbocycles. The Bertz CT molecular complexity index is 1240. The third-order valence-electron chi connectivity index (χ3n) is 5.95. The Balaban J connectivity index is 1.43. The van der Waals surface area contributed by atoms with Crippen LogP contribution >= 0.6 is 24.0 Å². The topological polar surface area (TPSA) is 38.8 Å². The summed E-state index contributed by atoms with van der Waals surface area (Å²) in [5.74, 6) is 1.92. The maximum atomic E-state index is 13.1. The SMILES string of the molecule is CCC(C)c1ccccc1OCCOc1ccccc1C=C1SC(=S)N(c2ccc(C)cc2)C1=O. The number of nitrogens with zero attached hydrogens (tertiary/aromatic N) is 1. The highest BCUT2D eigenvalue weighted by atomic mass is 32.2. The molecular weight excluding hydrogens is 474 g/mol. The average molecular weight is 504 g/mol. The first-order chi connectivity index (χ1) is 17.0. The number of hydrogen-bond acceptors (Lipinski definition) is 5. The van der Waals surface area contributed by atoms with Gasteiger partial charge < -0.3 is 9.47 Å². The molecule has 0 N–H and O–H groups in total. The first-order valence-electron chi connectivity index (χ1n) is 11.8. The molecule has 1 amide bonds. The molecule has 3 aromatic rings. The van der Waals surface area contributed by atoms with E-state index >= 15 is 0 Å². The number of anilines is 1. The molecular formula is C29H29NO3S2. The normalized spacial score (nSPS) is 15.5. The predicted octanol–water partition coefficient (Wildman–Crippen LogP) is 7.37. The zero-order chi connectivity index (χ0) is 24.8. The van der Waals surface area contributed by atoms with E-state index in [1.807, 2.05) is 79.7 Å². The Morgan fingerprint density at radius 3 is 2.29 bits per heavy atom. The van der Waals surface area contributed by atoms with Crippen LogP contribution in [0.3, 0.4) is 0 Å². The van der Waals surface area contributed by atoms with Gasteiger partial charge in [0.25, 0.3) is 5.91 Å². The second kappa shape index (κ2) is 11.6. The van der Waals surface area contributed by atoms with Crippen molar-refractivity contribution >= 4 is 46.0 Å². The molecule has 1 heterocycles. The van der Waals surface area contributed by atoms with Crippen LogP contribution in [0.2, 0.25) is 0 Å². The fourth-order valence-electron chi connectivity index (χ4n) is 3.80. The van der Waals surface area contributed by atoms with Gasteiger partial charge in [0, 0.05) is 5.56 Å². The standard InChI is InChI=1S/C29H29NO3S2/c1-4-21(3)24-10-6-8-12-26(24)33-18-17-32-25-11-7-5-9-22(25)19-27-28(31)30(29(34)35-27)23-15-13-20(2)14-16-23/h5-16,19,21H,4,17-18H2,1-3H3. The van der Waals surface area contributed by atoms with E-state index in [1.54, 1.807) is 4.90 Å². The van der Waals surface area contributed by atoms with Gasteiger partial charge in [-0.25, -0.2) is 0 Å². The van der Waals surface area contributed by atoms with Gasteiger partial charge in [0.15, 0.2) is 4.32 Å². The van der Waals surface area contributed by atoms with Gasteiger partial charge >= 0.3 is 0 Å². The van der Waals surface area contributed by atoms with Crippen molar-refractivity contribution < 1.29 is 14.3 Å². The minimum Gasteiger partial charge on any atom is -0.490 e. The molecule has 1 atom stereocenters. The molecule has 6 heteroatoms. The van der Waals surface area contributed by atoms with Gasteiger partial charge in [0.1, 0.15) is 24.7 Å². The van der Waals surface area contributed by atoms with E-state index < -0.39 is 0 Å². The molecule has 0 aromatic heterocycles. The first-order valence-corrected chi connectivity index (χ1v) is 13.0. The molecule has 0 radical (unpaired) electrons. The fraction of sp³-hybridized carbons (Fsp3) is 0.241. The van der Waals surface area contributed by atoms with Gasteiger partial charge in [-0.1, -0.05) is 91.9 Å². The summed E-state index contributed by atoms with van der Waals surface area (Å²) in [7, 11) is 0. The highest BCUT2D eigenvalue weighted by Gasteiger charge is 2.33. The Morgan fingerprint density at radius 1 is 0.943 bits per heavy atom. The minimum absolute atomic E-state index is 0.122. The summed E-state index contributed by atoms with van der Waals surface area (Å²) in [6.07, 6.45) is 2.91. The van der Waals surface area contributed by atoms with Crippen molar-refractivity contribution in [3.05, 3.63) is 94.4 Å². The summed E-state index contributed by atoms with van der Waals surface area (Å²) in [5.41, 5.74) is 3.96. The minimum atomic E-state index is -0.122. The molecule has 3 aromatic carbocycles. The first kappa shape index (κ1) is 25.0. The lowest BCUT2D eigenvalue weighted by Gasteiger charge is -2.16. The summed E-state index contributed by atoms with van der Waals surface area (Å²) in [5, 5.41) is 0. The number of rotatable bonds is 9. The van der Waals surface area contributed by atoms with Gasteiger partial charge in [-0.2, -0.15) is 0 Å². The van der Waals surface area contributed by atoms with E-state index in [0.29, 0.717) is 34.1 Å². The Morgan fingerprint density at radius 2 is 1.57 bits per heavy atom. The lowest BCUT2D eigenvalue weighted by atomic mass is 9.98. The molecule has 1 unspecified atom stereocenters. The van der Waals surface area contributed by atoms with Gasteiger partial charge in [-0.05, 0) is 55.2 Å². The third kappa shape index (κ3) is 5.95. The number of hydrogen-bond donors (Lipinski definition) is 0. The van der Waals surface area contributed by atoms with Crippen LogP contribution in [-0.4, -0.2) is 23.4 Å². The quantitative estimate of drug-likeness (QED) is 0.173. The third-order valence-corrected chi connectivity index (χ3v) is 7.25. The van der Waals surface area contributed by atoms with E-state index in [0.717, 1.165) is 29.0 Å². The van der Waals surface area contributed by atoms with Crippen LogP contribution in [0.1, 0.15) is 42.9 Å². The summed E-state index contributed by atoms with van der Waals surface area (Å²) in [6, 6.07) is 23.6. The molecule has 1 fully saturated rings. The van der Waals surface area contributed by atoms with Crippen molar-refractivity contribution in [2.45, 2.75) is 33.1 Å². The Hall–Kier alpha value is -3.09. The molecule has 4 nitrogen and oxygen atoms in total. The zero-order valence-corrected chi connectivity index (χ0v) is 21.8. The summed E-state index contributed by atoms with van der Waals surface area (Å²) >= 11 is 6.81. The molecule has 35 heavy (non-hydrogen) atoms. The van der Waals surface area contributed by atoms with Gasteiger partial charge in [-0.3, -0.25) is 9.69 Å². The van der Waals surface area contributed by atoms with Crippen LogP contribution in [0, 0.1) is 6.92 Å². The van der Waals surface area contributed by atoms with Crippen LogP contribution in [0.5, 0.6) is 11.5 Å². The second-order valence-electron chi connectivity index (χ2n) is 8.43. The van der Waals surface area contributed by atoms with E-state index in [4.69, 9.17) is 21.7 Å².